The Morgan fingerprint density at radius 2 is 1.94 bits per heavy atom. The zero-order valence-corrected chi connectivity index (χ0v) is 9.83. The summed E-state index contributed by atoms with van der Waals surface area (Å²) >= 11 is 0. The number of nitrogens with zero attached hydrogens (tertiary/aromatic N) is 3. The van der Waals surface area contributed by atoms with E-state index in [9.17, 15) is 10.1 Å². The van der Waals surface area contributed by atoms with Crippen LogP contribution in [0.1, 0.15) is 11.4 Å². The molecule has 0 aliphatic rings. The van der Waals surface area contributed by atoms with Crippen LogP contribution < -0.4 is 5.73 Å². The lowest BCUT2D eigenvalue weighted by Crippen LogP contribution is -2.03. The monoisotopic (exact) mass is 244 g/mol. The first-order valence-corrected chi connectivity index (χ1v) is 5.39. The average Bonchev–Trinajstić information content (AvgIpc) is 2.38. The van der Waals surface area contributed by atoms with Crippen molar-refractivity contribution in [2.24, 2.45) is 5.73 Å². The van der Waals surface area contributed by atoms with Crippen LogP contribution in [0, 0.1) is 17.0 Å². The minimum atomic E-state index is -0.438. The van der Waals surface area contributed by atoms with Crippen molar-refractivity contribution in [2.75, 3.05) is 0 Å². The number of nitro groups is 1. The summed E-state index contributed by atoms with van der Waals surface area (Å²) in [6.45, 7) is 2.19. The second kappa shape index (κ2) is 4.89. The van der Waals surface area contributed by atoms with Gasteiger partial charge in [0.25, 0.3) is 5.69 Å². The third kappa shape index (κ3) is 2.49. The van der Waals surface area contributed by atoms with Gasteiger partial charge in [-0.15, -0.1) is 0 Å². The predicted octanol–water partition coefficient (Wildman–Crippen LogP) is 1.82. The van der Waals surface area contributed by atoms with Crippen LogP contribution in [0.3, 0.4) is 0 Å². The fraction of sp³-hybridized carbons (Fsp3) is 0.167. The summed E-state index contributed by atoms with van der Waals surface area (Å²) in [5, 5.41) is 10.6. The Labute approximate surface area is 104 Å². The Hall–Kier alpha value is -2.34. The summed E-state index contributed by atoms with van der Waals surface area (Å²) in [5.41, 5.74) is 7.90. The lowest BCUT2D eigenvalue weighted by atomic mass is 10.2. The fourth-order valence-corrected chi connectivity index (χ4v) is 1.60. The minimum absolute atomic E-state index is 0.0467. The molecule has 2 rings (SSSR count). The van der Waals surface area contributed by atoms with Gasteiger partial charge in [-0.3, -0.25) is 10.1 Å². The molecule has 0 atom stereocenters. The molecule has 1 aromatic heterocycles. The number of non-ortho nitro benzene ring substituents is 1. The van der Waals surface area contributed by atoms with Gasteiger partial charge in [0.1, 0.15) is 0 Å². The zero-order valence-electron chi connectivity index (χ0n) is 9.83. The van der Waals surface area contributed by atoms with Crippen molar-refractivity contribution in [3.8, 4) is 11.4 Å². The molecule has 0 saturated heterocycles. The number of aromatic nitrogens is 2. The van der Waals surface area contributed by atoms with E-state index in [1.54, 1.807) is 12.1 Å². The lowest BCUT2D eigenvalue weighted by Gasteiger charge is -2.04. The molecule has 2 N–H and O–H groups in total. The third-order valence-electron chi connectivity index (χ3n) is 2.45. The normalized spacial score (nSPS) is 10.3. The van der Waals surface area contributed by atoms with Crippen LogP contribution in [-0.2, 0) is 6.54 Å². The molecular formula is C12H12N4O2. The van der Waals surface area contributed by atoms with Crippen molar-refractivity contribution in [1.82, 2.24) is 9.97 Å². The Balaban J connectivity index is 2.42. The van der Waals surface area contributed by atoms with Crippen LogP contribution in [0.15, 0.2) is 30.3 Å². The van der Waals surface area contributed by atoms with Crippen LogP contribution in [0.4, 0.5) is 5.69 Å². The zero-order chi connectivity index (χ0) is 13.1. The molecule has 0 aliphatic heterocycles. The van der Waals surface area contributed by atoms with E-state index >= 15 is 0 Å². The maximum Gasteiger partial charge on any atom is 0.269 e. The van der Waals surface area contributed by atoms with Crippen molar-refractivity contribution < 1.29 is 4.92 Å². The maximum absolute atomic E-state index is 10.6. The highest BCUT2D eigenvalue weighted by Gasteiger charge is 2.08. The number of nitro benzene ring substituents is 1. The van der Waals surface area contributed by atoms with Gasteiger partial charge in [0.15, 0.2) is 5.82 Å². The summed E-state index contributed by atoms with van der Waals surface area (Å²) in [6, 6.07) is 7.95. The molecule has 6 heteroatoms. The summed E-state index contributed by atoms with van der Waals surface area (Å²) in [4.78, 5) is 18.7. The van der Waals surface area contributed by atoms with Gasteiger partial charge in [0.05, 0.1) is 10.6 Å². The predicted molar refractivity (Wildman–Crippen MR) is 66.8 cm³/mol. The molecular weight excluding hydrogens is 232 g/mol. The SMILES string of the molecule is Cc1cc(CN)nc(-c2ccc([N+](=O)[O-])cc2)n1. The van der Waals surface area contributed by atoms with Gasteiger partial charge in [-0.2, -0.15) is 0 Å². The minimum Gasteiger partial charge on any atom is -0.325 e. The first-order chi connectivity index (χ1) is 8.60. The summed E-state index contributed by atoms with van der Waals surface area (Å²) in [5.74, 6) is 0.533. The van der Waals surface area contributed by atoms with Crippen molar-refractivity contribution in [1.29, 1.82) is 0 Å². The second-order valence-electron chi connectivity index (χ2n) is 3.83. The van der Waals surface area contributed by atoms with Crippen molar-refractivity contribution in [2.45, 2.75) is 13.5 Å². The number of hydrogen-bond acceptors (Lipinski definition) is 5. The average molecular weight is 244 g/mol. The van der Waals surface area contributed by atoms with Crippen LogP contribution in [0.5, 0.6) is 0 Å². The first kappa shape index (κ1) is 12.1. The van der Waals surface area contributed by atoms with E-state index in [1.807, 2.05) is 13.0 Å². The largest absolute Gasteiger partial charge is 0.325 e. The van der Waals surface area contributed by atoms with Crippen LogP contribution in [-0.4, -0.2) is 14.9 Å². The highest BCUT2D eigenvalue weighted by molar-refractivity contribution is 5.57. The summed E-state index contributed by atoms with van der Waals surface area (Å²) in [6.07, 6.45) is 0. The third-order valence-corrected chi connectivity index (χ3v) is 2.45. The molecule has 0 unspecified atom stereocenters. The molecule has 0 aliphatic carbocycles. The molecule has 6 nitrogen and oxygen atoms in total. The number of hydrogen-bond donors (Lipinski definition) is 1. The lowest BCUT2D eigenvalue weighted by molar-refractivity contribution is -0.384. The molecule has 0 spiro atoms. The van der Waals surface area contributed by atoms with Gasteiger partial charge in [-0.05, 0) is 25.1 Å². The molecule has 0 fully saturated rings. The second-order valence-corrected chi connectivity index (χ2v) is 3.83. The Morgan fingerprint density at radius 3 is 2.50 bits per heavy atom. The van der Waals surface area contributed by atoms with Crippen molar-refractivity contribution in [3.63, 3.8) is 0 Å². The van der Waals surface area contributed by atoms with Crippen LogP contribution in [0.2, 0.25) is 0 Å². The van der Waals surface area contributed by atoms with Crippen LogP contribution in [0.25, 0.3) is 11.4 Å². The molecule has 1 aromatic carbocycles. The maximum atomic E-state index is 10.6. The van der Waals surface area contributed by atoms with Gasteiger partial charge in [0, 0.05) is 29.9 Å². The smallest absolute Gasteiger partial charge is 0.269 e. The van der Waals surface area contributed by atoms with Crippen molar-refractivity contribution in [3.05, 3.63) is 51.8 Å². The van der Waals surface area contributed by atoms with E-state index in [-0.39, 0.29) is 5.69 Å². The Kier molecular flexibility index (Phi) is 3.29. The molecule has 2 aromatic rings. The topological polar surface area (TPSA) is 94.9 Å². The van der Waals surface area contributed by atoms with Gasteiger partial charge >= 0.3 is 0 Å². The van der Waals surface area contributed by atoms with E-state index in [0.29, 0.717) is 12.4 Å². The number of benzene rings is 1. The first-order valence-electron chi connectivity index (χ1n) is 5.39. The molecule has 0 amide bonds. The number of nitrogens with two attached hydrogens (primary N) is 1. The molecule has 18 heavy (non-hydrogen) atoms. The molecule has 92 valence electrons. The number of aryl methyl sites for hydroxylation is 1. The van der Waals surface area contributed by atoms with Crippen LogP contribution >= 0.6 is 0 Å². The highest BCUT2D eigenvalue weighted by atomic mass is 16.6. The van der Waals surface area contributed by atoms with E-state index < -0.39 is 4.92 Å². The Morgan fingerprint density at radius 1 is 1.28 bits per heavy atom. The van der Waals surface area contributed by atoms with Gasteiger partial charge in [-0.1, -0.05) is 0 Å². The van der Waals surface area contributed by atoms with Gasteiger partial charge in [-0.25, -0.2) is 9.97 Å². The van der Waals surface area contributed by atoms with Gasteiger partial charge in [0.2, 0.25) is 0 Å². The van der Waals surface area contributed by atoms with Crippen molar-refractivity contribution >= 4 is 5.69 Å². The van der Waals surface area contributed by atoms with E-state index in [0.717, 1.165) is 17.0 Å². The molecule has 0 saturated carbocycles. The molecule has 0 bridgehead atoms. The fourth-order valence-electron chi connectivity index (χ4n) is 1.60. The van der Waals surface area contributed by atoms with E-state index in [1.165, 1.54) is 12.1 Å². The van der Waals surface area contributed by atoms with E-state index in [2.05, 4.69) is 9.97 Å². The summed E-state index contributed by atoms with van der Waals surface area (Å²) < 4.78 is 0. The van der Waals surface area contributed by atoms with Gasteiger partial charge < -0.3 is 5.73 Å². The summed E-state index contributed by atoms with van der Waals surface area (Å²) in [7, 11) is 0. The Bertz CT molecular complexity index is 581. The van der Waals surface area contributed by atoms with E-state index in [4.69, 9.17) is 5.73 Å². The highest BCUT2D eigenvalue weighted by Crippen LogP contribution is 2.19. The molecule has 1 heterocycles. The molecule has 0 radical (unpaired) electrons. The quantitative estimate of drug-likeness (QED) is 0.656. The standard InChI is InChI=1S/C12H12N4O2/c1-8-6-10(7-13)15-12(14-8)9-2-4-11(5-3-9)16(17)18/h2-6H,7,13H2,1H3. The number of rotatable bonds is 3.